The molecule has 2 rings (SSSR count). The lowest BCUT2D eigenvalue weighted by Gasteiger charge is -1.85. The Hall–Kier alpha value is -0.210. The van der Waals surface area contributed by atoms with Gasteiger partial charge in [-0.25, -0.2) is 0 Å². The molecule has 1 heterocycles. The molecule has 0 aromatic heterocycles. The zero-order valence-corrected chi connectivity index (χ0v) is 10.7. The average molecular weight is 246 g/mol. The van der Waals surface area contributed by atoms with E-state index >= 15 is 0 Å². The van der Waals surface area contributed by atoms with Crippen LogP contribution in [0.4, 0.5) is 0 Å². The van der Waals surface area contributed by atoms with Crippen molar-refractivity contribution >= 4 is 30.4 Å². The Balaban J connectivity index is 0.000000245. The molecule has 1 aliphatic carbocycles. The number of rotatable bonds is 0. The number of allylic oxidation sites excluding steroid dienone is 1. The molecule has 86 valence electrons. The van der Waals surface area contributed by atoms with Crippen LogP contribution in [0.1, 0.15) is 44.9 Å². The maximum Gasteiger partial charge on any atom is 0.0334 e. The molecule has 3 heteroatoms. The van der Waals surface area contributed by atoms with E-state index in [0.717, 1.165) is 0 Å². The number of hydrogen-bond donors (Lipinski definition) is 0. The zero-order chi connectivity index (χ0) is 9.90. The highest BCUT2D eigenvalue weighted by molar-refractivity contribution is 8.04. The second kappa shape index (κ2) is 11.9. The van der Waals surface area contributed by atoms with Crippen LogP contribution in [0.25, 0.3) is 0 Å². The summed E-state index contributed by atoms with van der Waals surface area (Å²) in [5, 5.41) is 3.91. The minimum Gasteiger partial charge on any atom is -0.264 e. The van der Waals surface area contributed by atoms with Crippen LogP contribution in [0, 0.1) is 0 Å². The second-order valence-corrected chi connectivity index (χ2v) is 4.34. The molecule has 0 saturated heterocycles. The van der Waals surface area contributed by atoms with Crippen LogP contribution in [0.3, 0.4) is 0 Å². The molecule has 0 N–H and O–H groups in total. The fourth-order valence-corrected chi connectivity index (χ4v) is 1.93. The van der Waals surface area contributed by atoms with Gasteiger partial charge in [0.1, 0.15) is 0 Å². The molecule has 2 aliphatic rings. The fourth-order valence-electron chi connectivity index (χ4n) is 1.53. The van der Waals surface area contributed by atoms with Gasteiger partial charge in [0.15, 0.2) is 0 Å². The number of hydrogen-bond acceptors (Lipinski definition) is 2. The smallest absolute Gasteiger partial charge is 0.0334 e. The van der Waals surface area contributed by atoms with Gasteiger partial charge in [0, 0.05) is 12.4 Å². The highest BCUT2D eigenvalue weighted by Crippen LogP contribution is 2.15. The van der Waals surface area contributed by atoms with E-state index in [0.29, 0.717) is 0 Å². The van der Waals surface area contributed by atoms with Crippen molar-refractivity contribution < 1.29 is 0 Å². The van der Waals surface area contributed by atoms with Crippen LogP contribution in [-0.4, -0.2) is 6.21 Å². The summed E-state index contributed by atoms with van der Waals surface area (Å²) >= 11 is 1.63. The highest BCUT2D eigenvalue weighted by atomic mass is 35.5. The van der Waals surface area contributed by atoms with Crippen LogP contribution in [0.15, 0.2) is 28.1 Å². The van der Waals surface area contributed by atoms with Gasteiger partial charge in [0.2, 0.25) is 0 Å². The van der Waals surface area contributed by atoms with Gasteiger partial charge < -0.3 is 0 Å². The largest absolute Gasteiger partial charge is 0.264 e. The van der Waals surface area contributed by atoms with Gasteiger partial charge in [-0.15, -0.1) is 24.2 Å². The maximum atomic E-state index is 3.86. The topological polar surface area (TPSA) is 12.4 Å². The standard InChI is InChI=1S/C7H14.C5H5NS.ClH/c1-2-4-6-7-5-3-1;1-2-6-3-5-7-4-1;/h1-7H2;1-5H;1H. The van der Waals surface area contributed by atoms with Crippen molar-refractivity contribution in [1.82, 2.24) is 0 Å². The quantitative estimate of drug-likeness (QED) is 0.551. The van der Waals surface area contributed by atoms with Crippen LogP contribution < -0.4 is 0 Å². The first-order valence-electron chi connectivity index (χ1n) is 5.49. The van der Waals surface area contributed by atoms with E-state index in [4.69, 9.17) is 0 Å². The molecule has 0 radical (unpaired) electrons. The molecule has 0 aromatic rings. The van der Waals surface area contributed by atoms with E-state index in [2.05, 4.69) is 4.99 Å². The number of aliphatic imine (C=N–C) groups is 1. The lowest BCUT2D eigenvalue weighted by Crippen LogP contribution is -1.66. The molecule has 0 amide bonds. The molecule has 1 fully saturated rings. The van der Waals surface area contributed by atoms with Gasteiger partial charge in [0.05, 0.1) is 0 Å². The molecule has 1 nitrogen and oxygen atoms in total. The van der Waals surface area contributed by atoms with Gasteiger partial charge in [-0.1, -0.05) is 44.9 Å². The van der Waals surface area contributed by atoms with E-state index in [1.54, 1.807) is 24.2 Å². The van der Waals surface area contributed by atoms with Gasteiger partial charge in [-0.3, -0.25) is 4.99 Å². The minimum absolute atomic E-state index is 0. The van der Waals surface area contributed by atoms with Crippen molar-refractivity contribution in [2.24, 2.45) is 4.99 Å². The van der Waals surface area contributed by atoms with E-state index in [9.17, 15) is 0 Å². The van der Waals surface area contributed by atoms with Gasteiger partial charge in [0.25, 0.3) is 0 Å². The Labute approximate surface area is 104 Å². The monoisotopic (exact) mass is 245 g/mol. The summed E-state index contributed by atoms with van der Waals surface area (Å²) in [5.41, 5.74) is 0. The highest BCUT2D eigenvalue weighted by Gasteiger charge is 1.95. The summed E-state index contributed by atoms with van der Waals surface area (Å²) in [7, 11) is 0. The Bertz CT molecular complexity index is 178. The van der Waals surface area contributed by atoms with Crippen molar-refractivity contribution in [3.63, 3.8) is 0 Å². The molecule has 0 bridgehead atoms. The molecular formula is C12H20ClNS. The number of nitrogens with zero attached hydrogens (tertiary/aromatic N) is 1. The summed E-state index contributed by atoms with van der Waals surface area (Å²) in [6.45, 7) is 0. The lowest BCUT2D eigenvalue weighted by molar-refractivity contribution is 0.702. The van der Waals surface area contributed by atoms with Crippen LogP contribution in [0.2, 0.25) is 0 Å². The van der Waals surface area contributed by atoms with Gasteiger partial charge >= 0.3 is 0 Å². The van der Waals surface area contributed by atoms with Crippen molar-refractivity contribution in [3.8, 4) is 0 Å². The van der Waals surface area contributed by atoms with Crippen molar-refractivity contribution in [2.75, 3.05) is 0 Å². The number of thioether (sulfide) groups is 1. The third kappa shape index (κ3) is 10.1. The lowest BCUT2D eigenvalue weighted by atomic mass is 10.2. The molecule has 0 unspecified atom stereocenters. The summed E-state index contributed by atoms with van der Waals surface area (Å²) in [6.07, 6.45) is 15.9. The molecule has 0 atom stereocenters. The summed E-state index contributed by atoms with van der Waals surface area (Å²) in [5.74, 6) is 0. The van der Waals surface area contributed by atoms with Crippen molar-refractivity contribution in [1.29, 1.82) is 0 Å². The molecule has 15 heavy (non-hydrogen) atoms. The summed E-state index contributed by atoms with van der Waals surface area (Å²) in [4.78, 5) is 3.86. The number of halogens is 1. The van der Waals surface area contributed by atoms with Gasteiger partial charge in [-0.05, 0) is 16.9 Å². The zero-order valence-electron chi connectivity index (χ0n) is 9.10. The Morgan fingerprint density at radius 3 is 1.87 bits per heavy atom. The van der Waals surface area contributed by atoms with Crippen LogP contribution in [-0.2, 0) is 0 Å². The predicted octanol–water partition coefficient (Wildman–Crippen LogP) is 4.94. The van der Waals surface area contributed by atoms with Crippen LogP contribution in [0.5, 0.6) is 0 Å². The van der Waals surface area contributed by atoms with Crippen molar-refractivity contribution in [3.05, 3.63) is 23.1 Å². The molecule has 0 spiro atoms. The SMILES string of the molecule is C1=CSC=CN=C1.C1CCCCCC1.Cl. The maximum absolute atomic E-state index is 3.86. The normalized spacial score (nSPS) is 19.2. The molecule has 1 saturated carbocycles. The third-order valence-corrected chi connectivity index (χ3v) is 2.90. The molecule has 1 aliphatic heterocycles. The van der Waals surface area contributed by atoms with E-state index < -0.39 is 0 Å². The average Bonchev–Trinajstić information content (AvgIpc) is 2.68. The third-order valence-electron chi connectivity index (χ3n) is 2.30. The van der Waals surface area contributed by atoms with Crippen LogP contribution >= 0.6 is 24.2 Å². The molecular weight excluding hydrogens is 226 g/mol. The Morgan fingerprint density at radius 1 is 0.800 bits per heavy atom. The van der Waals surface area contributed by atoms with E-state index in [-0.39, 0.29) is 12.4 Å². The minimum atomic E-state index is 0. The Morgan fingerprint density at radius 2 is 1.33 bits per heavy atom. The Kier molecular flexibility index (Phi) is 11.7. The second-order valence-electron chi connectivity index (χ2n) is 3.52. The van der Waals surface area contributed by atoms with Gasteiger partial charge in [-0.2, -0.15) is 0 Å². The van der Waals surface area contributed by atoms with E-state index in [1.807, 2.05) is 16.9 Å². The predicted molar refractivity (Wildman–Crippen MR) is 73.9 cm³/mol. The first-order chi connectivity index (χ1) is 7.00. The first kappa shape index (κ1) is 14.8. The fraction of sp³-hybridized carbons (Fsp3) is 0.583. The first-order valence-corrected chi connectivity index (χ1v) is 6.43. The van der Waals surface area contributed by atoms with Crippen molar-refractivity contribution in [2.45, 2.75) is 44.9 Å². The summed E-state index contributed by atoms with van der Waals surface area (Å²) in [6, 6.07) is 0. The summed E-state index contributed by atoms with van der Waals surface area (Å²) < 4.78 is 0. The molecule has 0 aromatic carbocycles. The van der Waals surface area contributed by atoms with E-state index in [1.165, 1.54) is 44.9 Å².